The maximum absolute atomic E-state index is 13.0. The second kappa shape index (κ2) is 7.31. The molecule has 3 nitrogen and oxygen atoms in total. The molecule has 0 spiro atoms. The first-order chi connectivity index (χ1) is 10.8. The van der Waals surface area contributed by atoms with E-state index in [-0.39, 0.29) is 36.3 Å². The van der Waals surface area contributed by atoms with Gasteiger partial charge in [-0.1, -0.05) is 18.2 Å². The van der Waals surface area contributed by atoms with Gasteiger partial charge in [-0.05, 0) is 37.3 Å². The van der Waals surface area contributed by atoms with Crippen molar-refractivity contribution in [1.29, 1.82) is 0 Å². The highest BCUT2D eigenvalue weighted by Gasteiger charge is 2.37. The summed E-state index contributed by atoms with van der Waals surface area (Å²) in [6.07, 6.45) is -0.603. The number of hydrogen-bond acceptors (Lipinski definition) is 2. The fourth-order valence-corrected chi connectivity index (χ4v) is 3.79. The molecule has 2 fully saturated rings. The lowest BCUT2D eigenvalue weighted by molar-refractivity contribution is -0.138. The van der Waals surface area contributed by atoms with E-state index in [9.17, 15) is 18.0 Å². The molecule has 1 aromatic carbocycles. The molecule has 7 heteroatoms. The van der Waals surface area contributed by atoms with Crippen LogP contribution in [0.4, 0.5) is 13.2 Å². The first-order valence-electron chi connectivity index (χ1n) is 8.01. The van der Waals surface area contributed by atoms with E-state index in [0.717, 1.165) is 31.7 Å². The highest BCUT2D eigenvalue weighted by atomic mass is 35.5. The molecule has 0 aromatic heterocycles. The molecule has 2 heterocycles. The Morgan fingerprint density at radius 3 is 2.38 bits per heavy atom. The van der Waals surface area contributed by atoms with Crippen LogP contribution >= 0.6 is 12.4 Å². The van der Waals surface area contributed by atoms with Gasteiger partial charge < -0.3 is 10.2 Å². The van der Waals surface area contributed by atoms with Gasteiger partial charge in [-0.15, -0.1) is 12.4 Å². The summed E-state index contributed by atoms with van der Waals surface area (Å²) in [6.45, 7) is 0. The van der Waals surface area contributed by atoms with Crippen LogP contribution in [-0.2, 0) is 17.4 Å². The third-order valence-electron chi connectivity index (χ3n) is 5.05. The molecule has 2 saturated heterocycles. The Bertz CT molecular complexity index is 581. The standard InChI is InChI=1S/C17H21F3N2O.ClH/c1-22(14-9-12-6-7-13(10-14)21-12)16(23)8-11-4-2-3-5-15(11)17(18,19)20;/h2-5,12-14,21H,6-10H2,1H3;1H. The van der Waals surface area contributed by atoms with Crippen LogP contribution < -0.4 is 5.32 Å². The summed E-state index contributed by atoms with van der Waals surface area (Å²) in [5.41, 5.74) is -0.666. The number of alkyl halides is 3. The summed E-state index contributed by atoms with van der Waals surface area (Å²) >= 11 is 0. The second-order valence-electron chi connectivity index (χ2n) is 6.60. The largest absolute Gasteiger partial charge is 0.416 e. The molecule has 0 saturated carbocycles. The van der Waals surface area contributed by atoms with Crippen LogP contribution in [0.25, 0.3) is 0 Å². The summed E-state index contributed by atoms with van der Waals surface area (Å²) in [5.74, 6) is -0.243. The number of fused-ring (bicyclic) bond motifs is 2. The van der Waals surface area contributed by atoms with Crippen molar-refractivity contribution < 1.29 is 18.0 Å². The Morgan fingerprint density at radius 1 is 1.21 bits per heavy atom. The Balaban J connectivity index is 0.00000208. The van der Waals surface area contributed by atoms with Gasteiger partial charge in [0.05, 0.1) is 12.0 Å². The number of halogens is 4. The van der Waals surface area contributed by atoms with Crippen LogP contribution in [-0.4, -0.2) is 36.0 Å². The van der Waals surface area contributed by atoms with Gasteiger partial charge in [0.2, 0.25) is 5.91 Å². The summed E-state index contributed by atoms with van der Waals surface area (Å²) in [6, 6.07) is 6.33. The first-order valence-corrected chi connectivity index (χ1v) is 8.01. The van der Waals surface area contributed by atoms with Gasteiger partial charge in [-0.25, -0.2) is 0 Å². The maximum Gasteiger partial charge on any atom is 0.416 e. The molecule has 2 aliphatic heterocycles. The average molecular weight is 363 g/mol. The number of benzene rings is 1. The number of amides is 1. The Morgan fingerprint density at radius 2 is 1.79 bits per heavy atom. The van der Waals surface area contributed by atoms with Crippen LogP contribution in [0, 0.1) is 0 Å². The predicted octanol–water partition coefficient (Wildman–Crippen LogP) is 3.41. The van der Waals surface area contributed by atoms with Crippen molar-refractivity contribution in [3.8, 4) is 0 Å². The second-order valence-corrected chi connectivity index (χ2v) is 6.60. The van der Waals surface area contributed by atoms with E-state index in [2.05, 4.69) is 5.32 Å². The van der Waals surface area contributed by atoms with E-state index in [4.69, 9.17) is 0 Å². The molecule has 24 heavy (non-hydrogen) atoms. The fraction of sp³-hybridized carbons (Fsp3) is 0.588. The number of carbonyl (C=O) groups excluding carboxylic acids is 1. The van der Waals surface area contributed by atoms with Crippen molar-refractivity contribution in [2.45, 2.75) is 56.4 Å². The van der Waals surface area contributed by atoms with E-state index in [1.807, 2.05) is 0 Å². The number of nitrogens with one attached hydrogen (secondary N) is 1. The quantitative estimate of drug-likeness (QED) is 0.893. The molecule has 2 aliphatic rings. The van der Waals surface area contributed by atoms with Crippen LogP contribution in [0.15, 0.2) is 24.3 Å². The number of carbonyl (C=O) groups is 1. The van der Waals surface area contributed by atoms with Gasteiger partial charge >= 0.3 is 6.18 Å². The van der Waals surface area contributed by atoms with Crippen LogP contribution in [0.3, 0.4) is 0 Å². The maximum atomic E-state index is 13.0. The van der Waals surface area contributed by atoms with E-state index >= 15 is 0 Å². The summed E-state index contributed by atoms with van der Waals surface area (Å²) in [4.78, 5) is 14.1. The lowest BCUT2D eigenvalue weighted by Crippen LogP contribution is -2.49. The van der Waals surface area contributed by atoms with Crippen molar-refractivity contribution in [2.24, 2.45) is 0 Å². The molecule has 134 valence electrons. The molecule has 1 N–H and O–H groups in total. The number of nitrogens with zero attached hydrogens (tertiary/aromatic N) is 1. The van der Waals surface area contributed by atoms with Crippen LogP contribution in [0.5, 0.6) is 0 Å². The number of rotatable bonds is 3. The third-order valence-corrected chi connectivity index (χ3v) is 5.05. The van der Waals surface area contributed by atoms with Gasteiger partial charge in [0.1, 0.15) is 0 Å². The highest BCUT2D eigenvalue weighted by molar-refractivity contribution is 5.85. The lowest BCUT2D eigenvalue weighted by atomic mass is 9.97. The minimum Gasteiger partial charge on any atom is -0.342 e. The summed E-state index contributed by atoms with van der Waals surface area (Å²) < 4.78 is 39.1. The van der Waals surface area contributed by atoms with Crippen molar-refractivity contribution in [3.05, 3.63) is 35.4 Å². The third kappa shape index (κ3) is 4.03. The summed E-state index contributed by atoms with van der Waals surface area (Å²) in [5, 5.41) is 3.51. The van der Waals surface area contributed by atoms with E-state index in [1.165, 1.54) is 12.1 Å². The molecule has 0 aliphatic carbocycles. The zero-order valence-corrected chi connectivity index (χ0v) is 14.3. The summed E-state index contributed by atoms with van der Waals surface area (Å²) in [7, 11) is 1.72. The molecule has 0 radical (unpaired) electrons. The molecule has 2 bridgehead atoms. The molecular formula is C17H22ClF3N2O. The first kappa shape index (κ1) is 19.1. The van der Waals surface area contributed by atoms with Gasteiger partial charge in [-0.3, -0.25) is 4.79 Å². The molecule has 2 unspecified atom stereocenters. The van der Waals surface area contributed by atoms with Crippen molar-refractivity contribution >= 4 is 18.3 Å². The van der Waals surface area contributed by atoms with Crippen molar-refractivity contribution in [2.75, 3.05) is 7.05 Å². The minimum atomic E-state index is -4.43. The topological polar surface area (TPSA) is 32.3 Å². The van der Waals surface area contributed by atoms with Crippen LogP contribution in [0.1, 0.15) is 36.8 Å². The number of hydrogen-bond donors (Lipinski definition) is 1. The van der Waals surface area contributed by atoms with E-state index in [1.54, 1.807) is 18.0 Å². The molecule has 1 amide bonds. The fourth-order valence-electron chi connectivity index (χ4n) is 3.79. The Kier molecular flexibility index (Phi) is 5.81. The molecule has 3 rings (SSSR count). The highest BCUT2D eigenvalue weighted by Crippen LogP contribution is 2.33. The number of likely N-dealkylation sites (N-methyl/N-ethyl adjacent to an activating group) is 1. The predicted molar refractivity (Wildman–Crippen MR) is 88.1 cm³/mol. The van der Waals surface area contributed by atoms with E-state index < -0.39 is 11.7 Å². The van der Waals surface area contributed by atoms with E-state index in [0.29, 0.717) is 12.1 Å². The number of piperidine rings is 1. The van der Waals surface area contributed by atoms with Crippen molar-refractivity contribution in [1.82, 2.24) is 10.2 Å². The van der Waals surface area contributed by atoms with Gasteiger partial charge in [0, 0.05) is 25.2 Å². The molecular weight excluding hydrogens is 341 g/mol. The van der Waals surface area contributed by atoms with Gasteiger partial charge in [0.15, 0.2) is 0 Å². The van der Waals surface area contributed by atoms with Gasteiger partial charge in [-0.2, -0.15) is 13.2 Å². The molecule has 2 atom stereocenters. The Labute approximate surface area is 146 Å². The molecule has 1 aromatic rings. The average Bonchev–Trinajstić information content (AvgIpc) is 2.84. The smallest absolute Gasteiger partial charge is 0.342 e. The van der Waals surface area contributed by atoms with Crippen molar-refractivity contribution in [3.63, 3.8) is 0 Å². The van der Waals surface area contributed by atoms with Crippen LogP contribution in [0.2, 0.25) is 0 Å². The lowest BCUT2D eigenvalue weighted by Gasteiger charge is -2.35. The normalized spacial score (nSPS) is 25.9. The zero-order chi connectivity index (χ0) is 16.6. The zero-order valence-electron chi connectivity index (χ0n) is 13.5. The monoisotopic (exact) mass is 362 g/mol. The SMILES string of the molecule is CN(C(=O)Cc1ccccc1C(F)(F)F)C1CC2CCC(C1)N2.Cl. The Hall–Kier alpha value is -1.27. The minimum absolute atomic E-state index is 0. The van der Waals surface area contributed by atoms with Gasteiger partial charge in [0.25, 0.3) is 0 Å².